The number of aliphatic carboxylic acids is 1. The van der Waals surface area contributed by atoms with Crippen molar-refractivity contribution in [2.24, 2.45) is 17.8 Å². The monoisotopic (exact) mass is 1730 g/mol. The molecule has 0 radical (unpaired) electrons. The quantitative estimate of drug-likeness (QED) is 0.0158. The number of hydrogen-bond donors (Lipinski definition) is 12. The Bertz CT molecular complexity index is 4330. The molecule has 12 N–H and O–H groups in total. The topological polar surface area (TPSA) is 411 Å². The van der Waals surface area contributed by atoms with E-state index in [0.717, 1.165) is 111 Å². The summed E-state index contributed by atoms with van der Waals surface area (Å²) in [6.45, 7) is 15.0. The SMILES string of the molecule is CCCC(C)C(O)C(=O)NCC(=O)NC(C(=O)OC(C)(C)C)c1ccccc1.CCCC(NC(=O)C(Cc1ccccc1)NC(=O)C(NC(=O)CCCc1ccc(OC)cc1)C1CCCCC1)C(O)C(=O)NCC(=O)NC(C(=O)OC(C)(C)C)c1ccccc1.COc1ccc(CCCC(=O)NC(C(=O)NC(Cc2ccccc2)C(=O)O)C2CCCCC2)cc1. The van der Waals surface area contributed by atoms with Gasteiger partial charge in [-0.15, -0.1) is 0 Å². The molecule has 2 aliphatic rings. The van der Waals surface area contributed by atoms with Gasteiger partial charge in [0.2, 0.25) is 47.3 Å². The predicted molar refractivity (Wildman–Crippen MR) is 476 cm³/mol. The van der Waals surface area contributed by atoms with E-state index in [-0.39, 0.29) is 61.8 Å². The molecule has 10 atom stereocenters. The van der Waals surface area contributed by atoms with Gasteiger partial charge in [-0.25, -0.2) is 14.4 Å². The van der Waals surface area contributed by atoms with Crippen LogP contribution in [-0.4, -0.2) is 167 Å². The van der Waals surface area contributed by atoms with Crippen molar-refractivity contribution in [2.75, 3.05) is 27.3 Å². The summed E-state index contributed by atoms with van der Waals surface area (Å²) in [5, 5.41) is 55.3. The van der Waals surface area contributed by atoms with E-state index >= 15 is 0 Å². The number of carboxylic acids is 1. The number of hydrogen-bond acceptors (Lipinski definition) is 18. The number of esters is 2. The van der Waals surface area contributed by atoms with Crippen LogP contribution in [0.5, 0.6) is 11.5 Å². The summed E-state index contributed by atoms with van der Waals surface area (Å²) in [7, 11) is 3.23. The van der Waals surface area contributed by atoms with Crippen molar-refractivity contribution in [3.05, 3.63) is 203 Å². The first-order valence-corrected chi connectivity index (χ1v) is 43.8. The third-order valence-electron chi connectivity index (χ3n) is 21.4. The van der Waals surface area contributed by atoms with E-state index in [9.17, 15) is 72.9 Å². The number of carbonyl (C=O) groups is 12. The van der Waals surface area contributed by atoms with Crippen LogP contribution in [0.15, 0.2) is 170 Å². The van der Waals surface area contributed by atoms with Crippen LogP contribution < -0.4 is 57.3 Å². The third kappa shape index (κ3) is 37.8. The molecule has 0 bridgehead atoms. The number of methoxy groups -OCH3 is 2. The molecule has 6 aromatic rings. The normalized spacial score (nSPS) is 15.2. The molecule has 2 fully saturated rings. The largest absolute Gasteiger partial charge is 0.497 e. The van der Waals surface area contributed by atoms with Gasteiger partial charge in [-0.1, -0.05) is 218 Å². The van der Waals surface area contributed by atoms with Crippen LogP contribution in [0.4, 0.5) is 0 Å². The van der Waals surface area contributed by atoms with E-state index in [2.05, 4.69) is 47.9 Å². The molecule has 10 unspecified atom stereocenters. The molecule has 125 heavy (non-hydrogen) atoms. The number of aliphatic hydroxyl groups excluding tert-OH is 2. The number of amides is 9. The van der Waals surface area contributed by atoms with Gasteiger partial charge in [-0.3, -0.25) is 43.2 Å². The Balaban J connectivity index is 0.000000322. The molecule has 0 aliphatic heterocycles. The summed E-state index contributed by atoms with van der Waals surface area (Å²) in [6, 6.07) is 44.1. The molecular weight excluding hydrogens is 1600 g/mol. The number of aryl methyl sites for hydroxylation is 2. The molecule has 2 saturated carbocycles. The average molecular weight is 1730 g/mol. The fourth-order valence-corrected chi connectivity index (χ4v) is 14.8. The molecule has 6 aromatic carbocycles. The van der Waals surface area contributed by atoms with E-state index in [1.54, 1.807) is 123 Å². The van der Waals surface area contributed by atoms with Crippen LogP contribution in [0.2, 0.25) is 0 Å². The van der Waals surface area contributed by atoms with Crippen LogP contribution in [-0.2, 0) is 92.7 Å². The van der Waals surface area contributed by atoms with Crippen molar-refractivity contribution in [3.8, 4) is 11.5 Å². The number of benzene rings is 6. The lowest BCUT2D eigenvalue weighted by Crippen LogP contribution is -2.59. The summed E-state index contributed by atoms with van der Waals surface area (Å²) >= 11 is 0. The molecule has 680 valence electrons. The Hall–Kier alpha value is -11.5. The van der Waals surface area contributed by atoms with Crippen LogP contribution in [0.1, 0.15) is 223 Å². The van der Waals surface area contributed by atoms with Gasteiger partial charge in [-0.2, -0.15) is 0 Å². The van der Waals surface area contributed by atoms with Gasteiger partial charge in [0, 0.05) is 25.7 Å². The third-order valence-corrected chi connectivity index (χ3v) is 21.4. The number of nitrogens with one attached hydrogen (secondary N) is 9. The first-order chi connectivity index (χ1) is 59.7. The van der Waals surface area contributed by atoms with E-state index in [1.165, 1.54) is 0 Å². The number of aliphatic hydroxyl groups is 2. The van der Waals surface area contributed by atoms with Crippen molar-refractivity contribution in [3.63, 3.8) is 0 Å². The minimum atomic E-state index is -1.76. The maximum atomic E-state index is 14.2. The molecule has 0 heterocycles. The highest BCUT2D eigenvalue weighted by atomic mass is 16.6. The highest BCUT2D eigenvalue weighted by Gasteiger charge is 2.38. The number of ether oxygens (including phenoxy) is 4. The van der Waals surface area contributed by atoms with Crippen molar-refractivity contribution in [1.29, 1.82) is 0 Å². The van der Waals surface area contributed by atoms with Gasteiger partial charge in [0.1, 0.15) is 53.0 Å². The molecule has 8 rings (SSSR count). The molecule has 0 saturated heterocycles. The zero-order valence-corrected chi connectivity index (χ0v) is 74.4. The Morgan fingerprint density at radius 3 is 1.12 bits per heavy atom. The van der Waals surface area contributed by atoms with Crippen LogP contribution in [0.3, 0.4) is 0 Å². The van der Waals surface area contributed by atoms with Gasteiger partial charge < -0.3 is 82.1 Å². The van der Waals surface area contributed by atoms with Crippen molar-refractivity contribution in [1.82, 2.24) is 47.9 Å². The predicted octanol–water partition coefficient (Wildman–Crippen LogP) is 10.8. The summed E-state index contributed by atoms with van der Waals surface area (Å²) in [6.07, 6.45) is 12.0. The maximum Gasteiger partial charge on any atom is 0.333 e. The van der Waals surface area contributed by atoms with Crippen LogP contribution in [0.25, 0.3) is 0 Å². The van der Waals surface area contributed by atoms with E-state index in [4.69, 9.17) is 18.9 Å². The summed E-state index contributed by atoms with van der Waals surface area (Å²) in [5.41, 5.74) is 3.31. The lowest BCUT2D eigenvalue weighted by molar-refractivity contribution is -0.159. The summed E-state index contributed by atoms with van der Waals surface area (Å²) in [4.78, 5) is 156. The first kappa shape index (κ1) is 102. The van der Waals surface area contributed by atoms with Gasteiger partial charge in [0.05, 0.1) is 33.4 Å². The number of rotatable bonds is 43. The first-order valence-electron chi connectivity index (χ1n) is 43.8. The second-order valence-corrected chi connectivity index (χ2v) is 34.0. The smallest absolute Gasteiger partial charge is 0.333 e. The molecule has 0 spiro atoms. The molecule has 2 aliphatic carbocycles. The van der Waals surface area contributed by atoms with Crippen molar-refractivity contribution >= 4 is 71.1 Å². The Kier molecular flexibility index (Phi) is 43.9. The van der Waals surface area contributed by atoms with Crippen LogP contribution in [0, 0.1) is 17.8 Å². The van der Waals surface area contributed by atoms with Gasteiger partial charge >= 0.3 is 17.9 Å². The van der Waals surface area contributed by atoms with Gasteiger partial charge in [0.15, 0.2) is 18.2 Å². The highest BCUT2D eigenvalue weighted by molar-refractivity contribution is 5.95. The Labute approximate surface area is 736 Å². The maximum absolute atomic E-state index is 14.2. The minimum absolute atomic E-state index is 0.0143. The molecule has 28 nitrogen and oxygen atoms in total. The lowest BCUT2D eigenvalue weighted by atomic mass is 9.83. The fourth-order valence-electron chi connectivity index (χ4n) is 14.8. The highest BCUT2D eigenvalue weighted by Crippen LogP contribution is 2.30. The molecular formula is C97H133N9O19. The molecule has 9 amide bonds. The van der Waals surface area contributed by atoms with Crippen LogP contribution >= 0.6 is 0 Å². The van der Waals surface area contributed by atoms with Gasteiger partial charge in [0.25, 0.3) is 5.91 Å². The second kappa shape index (κ2) is 53.6. The van der Waals surface area contributed by atoms with Gasteiger partial charge in [-0.05, 0) is 181 Å². The summed E-state index contributed by atoms with van der Waals surface area (Å²) in [5.74, 6) is -5.84. The average Bonchev–Trinajstić information content (AvgIpc) is 0.846. The minimum Gasteiger partial charge on any atom is -0.497 e. The summed E-state index contributed by atoms with van der Waals surface area (Å²) < 4.78 is 21.3. The molecule has 0 aromatic heterocycles. The van der Waals surface area contributed by atoms with E-state index < -0.39 is 132 Å². The zero-order chi connectivity index (χ0) is 91.4. The van der Waals surface area contributed by atoms with Crippen molar-refractivity contribution in [2.45, 2.75) is 269 Å². The zero-order valence-electron chi connectivity index (χ0n) is 74.4. The van der Waals surface area contributed by atoms with E-state index in [0.29, 0.717) is 49.7 Å². The second-order valence-electron chi connectivity index (χ2n) is 34.0. The number of carboxylic acid groups (broad SMARTS) is 1. The Morgan fingerprint density at radius 2 is 0.760 bits per heavy atom. The standard InChI is InChI=1S/C48H65N5O9.C28H36N2O5.C21H32N2O5/c1-6-17-37(43(56)46(59)49-31-40(55)53-42(35-23-14-9-15-24-35)47(60)62-48(2,3)4)50-44(57)38(30-33-18-10-7-11-19-33)51-45(58)41(34-21-12-8-13-22-34)52-39(54)25-16-20-32-26-28-36(61-5)29-27-32;1-35-23-17-15-20(16-18-23)11-8-14-25(31)30-26(22-12-6-3-7-13-22)27(32)29-24(28(33)34)19-21-9-4-2-5-10-21;1-6-10-14(2)18(25)19(26)22-13-16(24)23-17(15-11-8-7-9-12-15)20(27)28-21(3,4)5/h7,9-11,14-15,18-19,23-24,26-29,34,37-38,41-43,56H,6,8,12-13,16-17,20-22,25,30-31H2,1-5H3,(H,49,59)(H,50,57)(H,51,58)(H,52,54)(H,53,55);2,4-5,9-10,15-18,22,24,26H,3,6-8,11-14,19H2,1H3,(H,29,32)(H,30,31)(H,33,34);7-9,11-12,14,17-18,25H,6,10,13H2,1-5H3,(H,22,26)(H,23,24). The Morgan fingerprint density at radius 1 is 0.400 bits per heavy atom. The fraction of sp³-hybridized carbons (Fsp3) is 0.505. The van der Waals surface area contributed by atoms with Crippen molar-refractivity contribution < 1.29 is 91.8 Å². The van der Waals surface area contributed by atoms with E-state index in [1.807, 2.05) is 123 Å². The lowest BCUT2D eigenvalue weighted by Gasteiger charge is -2.32. The number of carbonyl (C=O) groups excluding carboxylic acids is 11. The molecule has 28 heteroatoms.